The second-order valence-corrected chi connectivity index (χ2v) is 6.09. The van der Waals surface area contributed by atoms with E-state index in [-0.39, 0.29) is 0 Å². The zero-order chi connectivity index (χ0) is 14.7. The van der Waals surface area contributed by atoms with Crippen LogP contribution < -0.4 is 5.73 Å². The van der Waals surface area contributed by atoms with Crippen LogP contribution in [0.4, 0.5) is 5.69 Å². The van der Waals surface area contributed by atoms with Crippen LogP contribution in [-0.2, 0) is 18.7 Å². The van der Waals surface area contributed by atoms with E-state index < -0.39 is 0 Å². The summed E-state index contributed by atoms with van der Waals surface area (Å²) < 4.78 is 2.00. The van der Waals surface area contributed by atoms with Crippen molar-refractivity contribution in [3.63, 3.8) is 0 Å². The van der Waals surface area contributed by atoms with Crippen molar-refractivity contribution in [1.82, 2.24) is 9.78 Å². The molecular formula is C15H20ClN3S. The zero-order valence-corrected chi connectivity index (χ0v) is 13.7. The minimum absolute atomic E-state index is 0.794. The SMILES string of the molecule is CCc1nn(CC)c(CSc2cc(N)ccc2C)c1Cl. The van der Waals surface area contributed by atoms with E-state index in [1.54, 1.807) is 11.8 Å². The highest BCUT2D eigenvalue weighted by molar-refractivity contribution is 7.98. The van der Waals surface area contributed by atoms with Gasteiger partial charge in [-0.05, 0) is 38.0 Å². The Balaban J connectivity index is 2.22. The van der Waals surface area contributed by atoms with Gasteiger partial charge in [0.2, 0.25) is 0 Å². The Bertz CT molecular complexity index is 607. The molecule has 0 bridgehead atoms. The molecule has 0 aliphatic heterocycles. The van der Waals surface area contributed by atoms with Crippen LogP contribution in [0.5, 0.6) is 0 Å². The summed E-state index contributed by atoms with van der Waals surface area (Å²) in [5.41, 5.74) is 9.96. The van der Waals surface area contributed by atoms with Crippen LogP contribution in [0.1, 0.15) is 30.8 Å². The number of aryl methyl sites for hydroxylation is 3. The molecule has 1 aromatic heterocycles. The standard InChI is InChI=1S/C15H20ClN3S/c1-4-12-15(16)13(19(5-2)18-12)9-20-14-8-11(17)7-6-10(14)3/h6-8H,4-5,9,17H2,1-3H3. The molecule has 2 aromatic rings. The third-order valence-corrected chi connectivity index (χ3v) is 4.88. The molecule has 0 spiro atoms. The third kappa shape index (κ3) is 3.13. The summed E-state index contributed by atoms with van der Waals surface area (Å²) in [6, 6.07) is 5.99. The molecule has 1 heterocycles. The van der Waals surface area contributed by atoms with E-state index in [4.69, 9.17) is 17.3 Å². The Morgan fingerprint density at radius 2 is 2.10 bits per heavy atom. The molecule has 0 saturated heterocycles. The number of halogens is 1. The van der Waals surface area contributed by atoms with Gasteiger partial charge in [0.05, 0.1) is 16.4 Å². The van der Waals surface area contributed by atoms with E-state index in [1.807, 2.05) is 22.9 Å². The van der Waals surface area contributed by atoms with E-state index >= 15 is 0 Å². The second kappa shape index (κ2) is 6.55. The van der Waals surface area contributed by atoms with E-state index in [0.29, 0.717) is 0 Å². The summed E-state index contributed by atoms with van der Waals surface area (Å²) in [4.78, 5) is 1.20. The number of benzene rings is 1. The van der Waals surface area contributed by atoms with Gasteiger partial charge in [0.1, 0.15) is 0 Å². The first kappa shape index (κ1) is 15.3. The van der Waals surface area contributed by atoms with Crippen molar-refractivity contribution in [3.05, 3.63) is 40.2 Å². The van der Waals surface area contributed by atoms with Crippen LogP contribution in [0.15, 0.2) is 23.1 Å². The molecule has 3 nitrogen and oxygen atoms in total. The van der Waals surface area contributed by atoms with Gasteiger partial charge in [0.15, 0.2) is 0 Å². The van der Waals surface area contributed by atoms with Crippen molar-refractivity contribution in [2.24, 2.45) is 0 Å². The van der Waals surface area contributed by atoms with Crippen LogP contribution in [0.2, 0.25) is 5.02 Å². The maximum Gasteiger partial charge on any atom is 0.0858 e. The highest BCUT2D eigenvalue weighted by Gasteiger charge is 2.14. The van der Waals surface area contributed by atoms with E-state index in [0.717, 1.165) is 40.8 Å². The summed E-state index contributed by atoms with van der Waals surface area (Å²) in [5, 5.41) is 5.35. The Morgan fingerprint density at radius 3 is 2.75 bits per heavy atom. The summed E-state index contributed by atoms with van der Waals surface area (Å²) in [5.74, 6) is 0.809. The van der Waals surface area contributed by atoms with Gasteiger partial charge in [-0.1, -0.05) is 24.6 Å². The predicted molar refractivity (Wildman–Crippen MR) is 87.4 cm³/mol. The number of thioether (sulfide) groups is 1. The fourth-order valence-electron chi connectivity index (χ4n) is 2.07. The van der Waals surface area contributed by atoms with Crippen molar-refractivity contribution >= 4 is 29.1 Å². The highest BCUT2D eigenvalue weighted by Crippen LogP contribution is 2.31. The fraction of sp³-hybridized carbons (Fsp3) is 0.400. The number of hydrogen-bond donors (Lipinski definition) is 1. The molecule has 5 heteroatoms. The summed E-state index contributed by atoms with van der Waals surface area (Å²) >= 11 is 8.18. The molecule has 0 atom stereocenters. The first-order chi connectivity index (χ1) is 9.56. The molecule has 0 aliphatic carbocycles. The molecule has 2 rings (SSSR count). The van der Waals surface area contributed by atoms with Crippen LogP contribution in [-0.4, -0.2) is 9.78 Å². The van der Waals surface area contributed by atoms with Gasteiger partial charge >= 0.3 is 0 Å². The normalized spacial score (nSPS) is 11.0. The topological polar surface area (TPSA) is 43.8 Å². The number of nitrogens with zero attached hydrogens (tertiary/aromatic N) is 2. The first-order valence-corrected chi connectivity index (χ1v) is 8.16. The van der Waals surface area contributed by atoms with Crippen LogP contribution in [0.25, 0.3) is 0 Å². The van der Waals surface area contributed by atoms with Crippen molar-refractivity contribution in [2.45, 2.75) is 44.4 Å². The van der Waals surface area contributed by atoms with Gasteiger partial charge in [-0.25, -0.2) is 0 Å². The van der Waals surface area contributed by atoms with Gasteiger partial charge in [-0.3, -0.25) is 4.68 Å². The maximum absolute atomic E-state index is 6.42. The van der Waals surface area contributed by atoms with Crippen LogP contribution in [0, 0.1) is 6.92 Å². The average Bonchev–Trinajstić information content (AvgIpc) is 2.75. The van der Waals surface area contributed by atoms with Gasteiger partial charge < -0.3 is 5.73 Å². The predicted octanol–water partition coefficient (Wildman–Crippen LogP) is 4.30. The van der Waals surface area contributed by atoms with E-state index in [9.17, 15) is 0 Å². The smallest absolute Gasteiger partial charge is 0.0858 e. The lowest BCUT2D eigenvalue weighted by Crippen LogP contribution is -2.02. The zero-order valence-electron chi connectivity index (χ0n) is 12.1. The molecule has 0 aliphatic rings. The number of nitrogen functional groups attached to an aromatic ring is 1. The largest absolute Gasteiger partial charge is 0.399 e. The van der Waals surface area contributed by atoms with Crippen molar-refractivity contribution in [1.29, 1.82) is 0 Å². The van der Waals surface area contributed by atoms with Crippen LogP contribution >= 0.6 is 23.4 Å². The van der Waals surface area contributed by atoms with Crippen molar-refractivity contribution in [3.8, 4) is 0 Å². The maximum atomic E-state index is 6.42. The molecule has 0 unspecified atom stereocenters. The number of rotatable bonds is 5. The molecule has 1 aromatic carbocycles. The highest BCUT2D eigenvalue weighted by atomic mass is 35.5. The monoisotopic (exact) mass is 309 g/mol. The van der Waals surface area contributed by atoms with E-state index in [1.165, 1.54) is 10.5 Å². The summed E-state index contributed by atoms with van der Waals surface area (Å²) in [7, 11) is 0. The average molecular weight is 310 g/mol. The molecule has 2 N–H and O–H groups in total. The lowest BCUT2D eigenvalue weighted by Gasteiger charge is -2.08. The number of anilines is 1. The quantitative estimate of drug-likeness (QED) is 0.661. The Labute approximate surface area is 129 Å². The fourth-order valence-corrected chi connectivity index (χ4v) is 3.59. The Morgan fingerprint density at radius 1 is 1.35 bits per heavy atom. The summed E-state index contributed by atoms with van der Waals surface area (Å²) in [6.07, 6.45) is 0.862. The molecule has 20 heavy (non-hydrogen) atoms. The number of hydrogen-bond acceptors (Lipinski definition) is 3. The minimum Gasteiger partial charge on any atom is -0.399 e. The van der Waals surface area contributed by atoms with Gasteiger partial charge in [0.25, 0.3) is 0 Å². The lowest BCUT2D eigenvalue weighted by molar-refractivity contribution is 0.628. The molecule has 108 valence electrons. The van der Waals surface area contributed by atoms with Gasteiger partial charge in [-0.2, -0.15) is 5.10 Å². The Kier molecular flexibility index (Phi) is 5.00. The van der Waals surface area contributed by atoms with E-state index in [2.05, 4.69) is 25.9 Å². The minimum atomic E-state index is 0.794. The molecule has 0 radical (unpaired) electrons. The third-order valence-electron chi connectivity index (χ3n) is 3.27. The number of aromatic nitrogens is 2. The molecular weight excluding hydrogens is 290 g/mol. The van der Waals surface area contributed by atoms with Gasteiger partial charge in [-0.15, -0.1) is 11.8 Å². The molecule has 0 fully saturated rings. The van der Waals surface area contributed by atoms with Crippen molar-refractivity contribution in [2.75, 3.05) is 5.73 Å². The van der Waals surface area contributed by atoms with Crippen molar-refractivity contribution < 1.29 is 0 Å². The number of nitrogens with two attached hydrogens (primary N) is 1. The second-order valence-electron chi connectivity index (χ2n) is 4.69. The first-order valence-electron chi connectivity index (χ1n) is 6.79. The van der Waals surface area contributed by atoms with Gasteiger partial charge in [0, 0.05) is 22.9 Å². The van der Waals surface area contributed by atoms with Crippen LogP contribution in [0.3, 0.4) is 0 Å². The summed E-state index contributed by atoms with van der Waals surface area (Å²) in [6.45, 7) is 7.10. The molecule has 0 amide bonds. The molecule has 0 saturated carbocycles. The lowest BCUT2D eigenvalue weighted by atomic mass is 10.2. The Hall–Kier alpha value is -1.13.